The van der Waals surface area contributed by atoms with E-state index in [2.05, 4.69) is 9.59 Å². The van der Waals surface area contributed by atoms with Gasteiger partial charge in [-0.1, -0.05) is 4.49 Å². The van der Waals surface area contributed by atoms with Gasteiger partial charge < -0.3 is 10.0 Å². The number of carbonyl (C=O) groups is 1. The van der Waals surface area contributed by atoms with Gasteiger partial charge in [-0.3, -0.25) is 4.79 Å². The molecule has 1 fully saturated rings. The number of carbonyl (C=O) groups excluding carboxylic acids is 1. The van der Waals surface area contributed by atoms with Gasteiger partial charge in [0, 0.05) is 13.1 Å². The number of aliphatic hydroxyl groups excluding tert-OH is 1. The average Bonchev–Trinajstić information content (AvgIpc) is 2.72. The first-order valence-electron chi connectivity index (χ1n) is 4.02. The topological polar surface area (TPSA) is 66.3 Å². The van der Waals surface area contributed by atoms with Crippen molar-refractivity contribution in [3.8, 4) is 0 Å². The maximum Gasteiger partial charge on any atom is 0.267 e. The monoisotopic (exact) mass is 199 g/mol. The van der Waals surface area contributed by atoms with Gasteiger partial charge in [-0.15, -0.1) is 5.10 Å². The lowest BCUT2D eigenvalue weighted by Gasteiger charge is -2.12. The van der Waals surface area contributed by atoms with E-state index in [1.54, 1.807) is 4.90 Å². The summed E-state index contributed by atoms with van der Waals surface area (Å²) in [7, 11) is 0. The molecule has 6 heteroatoms. The van der Waals surface area contributed by atoms with Gasteiger partial charge in [0.25, 0.3) is 5.91 Å². The third-order valence-electron chi connectivity index (χ3n) is 2.02. The second kappa shape index (κ2) is 3.39. The van der Waals surface area contributed by atoms with Crippen LogP contribution in [0.3, 0.4) is 0 Å². The Morgan fingerprint density at radius 1 is 1.77 bits per heavy atom. The fourth-order valence-electron chi connectivity index (χ4n) is 1.34. The predicted molar refractivity (Wildman–Crippen MR) is 46.4 cm³/mol. The minimum absolute atomic E-state index is 0.0773. The van der Waals surface area contributed by atoms with Crippen LogP contribution in [0.15, 0.2) is 6.20 Å². The summed E-state index contributed by atoms with van der Waals surface area (Å²) in [5.41, 5.74) is 0. The van der Waals surface area contributed by atoms with E-state index >= 15 is 0 Å². The van der Waals surface area contributed by atoms with Gasteiger partial charge in [0.15, 0.2) is 0 Å². The molecular formula is C7H9N3O2S. The number of hydrogen-bond acceptors (Lipinski definition) is 5. The molecule has 0 spiro atoms. The second-order valence-corrected chi connectivity index (χ2v) is 3.76. The summed E-state index contributed by atoms with van der Waals surface area (Å²) in [6.07, 6.45) is 1.75. The van der Waals surface area contributed by atoms with E-state index in [0.717, 1.165) is 11.5 Å². The number of nitrogens with zero attached hydrogens (tertiary/aromatic N) is 3. The van der Waals surface area contributed by atoms with E-state index in [-0.39, 0.29) is 12.0 Å². The lowest BCUT2D eigenvalue weighted by atomic mass is 10.3. The van der Waals surface area contributed by atoms with E-state index in [1.807, 2.05) is 0 Å². The number of aliphatic hydroxyl groups is 1. The zero-order valence-corrected chi connectivity index (χ0v) is 7.70. The Kier molecular flexibility index (Phi) is 2.24. The van der Waals surface area contributed by atoms with E-state index in [9.17, 15) is 9.90 Å². The third-order valence-corrected chi connectivity index (χ3v) is 2.68. The normalized spacial score (nSPS) is 22.2. The highest BCUT2D eigenvalue weighted by Crippen LogP contribution is 2.14. The number of likely N-dealkylation sites (tertiary alicyclic amines) is 1. The molecule has 0 aliphatic carbocycles. The first-order chi connectivity index (χ1) is 6.27. The first kappa shape index (κ1) is 8.58. The van der Waals surface area contributed by atoms with Crippen LogP contribution in [0.25, 0.3) is 0 Å². The molecular weight excluding hydrogens is 190 g/mol. The number of β-amino-alcohol motifs (C(OH)–C–C–N with tert-alkyl or cyclic N) is 1. The van der Waals surface area contributed by atoms with E-state index in [1.165, 1.54) is 6.20 Å². The number of hydrogen-bond donors (Lipinski definition) is 1. The minimum atomic E-state index is -0.371. The minimum Gasteiger partial charge on any atom is -0.391 e. The van der Waals surface area contributed by atoms with E-state index < -0.39 is 0 Å². The highest BCUT2D eigenvalue weighted by molar-refractivity contribution is 7.07. The van der Waals surface area contributed by atoms with Crippen LogP contribution < -0.4 is 0 Å². The number of rotatable bonds is 1. The standard InChI is InChI=1S/C7H9N3O2S/c11-5-1-2-10(4-5)7(12)6-3-8-9-13-6/h3,5,11H,1-2,4H2. The third kappa shape index (κ3) is 1.68. The maximum absolute atomic E-state index is 11.6. The summed E-state index contributed by atoms with van der Waals surface area (Å²) in [6.45, 7) is 1.05. The summed E-state index contributed by atoms with van der Waals surface area (Å²) in [6, 6.07) is 0. The molecule has 1 aliphatic rings. The van der Waals surface area contributed by atoms with Crippen molar-refractivity contribution in [3.05, 3.63) is 11.1 Å². The molecule has 1 unspecified atom stereocenters. The van der Waals surface area contributed by atoms with Crippen molar-refractivity contribution in [1.29, 1.82) is 0 Å². The van der Waals surface area contributed by atoms with Crippen LogP contribution in [0.5, 0.6) is 0 Å². The smallest absolute Gasteiger partial charge is 0.267 e. The Balaban J connectivity index is 2.06. The SMILES string of the molecule is O=C(c1cnns1)N1CCC(O)C1. The quantitative estimate of drug-likeness (QED) is 0.677. The lowest BCUT2D eigenvalue weighted by molar-refractivity contribution is 0.0769. The first-order valence-corrected chi connectivity index (χ1v) is 4.79. The number of amides is 1. The Morgan fingerprint density at radius 3 is 3.15 bits per heavy atom. The summed E-state index contributed by atoms with van der Waals surface area (Å²) in [5.74, 6) is -0.0773. The molecule has 2 heterocycles. The molecule has 1 N–H and O–H groups in total. The van der Waals surface area contributed by atoms with Gasteiger partial charge in [-0.05, 0) is 18.0 Å². The maximum atomic E-state index is 11.6. The zero-order valence-electron chi connectivity index (χ0n) is 6.88. The number of aromatic nitrogens is 2. The summed E-state index contributed by atoms with van der Waals surface area (Å²) in [5, 5.41) is 12.8. The Labute approximate surface area is 79.2 Å². The van der Waals surface area contributed by atoms with Crippen LogP contribution in [0.2, 0.25) is 0 Å². The van der Waals surface area contributed by atoms with Crippen molar-refractivity contribution in [2.45, 2.75) is 12.5 Å². The molecule has 0 aromatic carbocycles. The molecule has 1 aliphatic heterocycles. The predicted octanol–water partition coefficient (Wildman–Crippen LogP) is -0.255. The Hall–Kier alpha value is -1.01. The van der Waals surface area contributed by atoms with Crippen LogP contribution in [0, 0.1) is 0 Å². The van der Waals surface area contributed by atoms with Crippen molar-refractivity contribution in [2.24, 2.45) is 0 Å². The molecule has 2 rings (SSSR count). The summed E-state index contributed by atoms with van der Waals surface area (Å²) >= 11 is 1.09. The van der Waals surface area contributed by atoms with Gasteiger partial charge >= 0.3 is 0 Å². The van der Waals surface area contributed by atoms with Gasteiger partial charge in [-0.2, -0.15) is 0 Å². The molecule has 1 aromatic heterocycles. The fraction of sp³-hybridized carbons (Fsp3) is 0.571. The fourth-order valence-corrected chi connectivity index (χ4v) is 1.83. The van der Waals surface area contributed by atoms with Gasteiger partial charge in [0.05, 0.1) is 12.3 Å². The van der Waals surface area contributed by atoms with Crippen LogP contribution in [-0.4, -0.2) is 44.7 Å². The molecule has 1 amide bonds. The second-order valence-electron chi connectivity index (χ2n) is 2.98. The highest BCUT2D eigenvalue weighted by Gasteiger charge is 2.26. The van der Waals surface area contributed by atoms with Gasteiger partial charge in [-0.25, -0.2) is 0 Å². The Morgan fingerprint density at radius 2 is 2.62 bits per heavy atom. The lowest BCUT2D eigenvalue weighted by Crippen LogP contribution is -2.28. The Bertz CT molecular complexity index is 301. The zero-order chi connectivity index (χ0) is 9.26. The summed E-state index contributed by atoms with van der Waals surface area (Å²) < 4.78 is 3.62. The molecule has 5 nitrogen and oxygen atoms in total. The van der Waals surface area contributed by atoms with Crippen molar-refractivity contribution in [1.82, 2.24) is 14.5 Å². The van der Waals surface area contributed by atoms with Gasteiger partial charge in [0.1, 0.15) is 4.88 Å². The van der Waals surface area contributed by atoms with Gasteiger partial charge in [0.2, 0.25) is 0 Å². The molecule has 1 atom stereocenters. The van der Waals surface area contributed by atoms with Crippen LogP contribution in [-0.2, 0) is 0 Å². The molecule has 1 saturated heterocycles. The van der Waals surface area contributed by atoms with E-state index in [0.29, 0.717) is 24.4 Å². The van der Waals surface area contributed by atoms with Crippen LogP contribution in [0.1, 0.15) is 16.1 Å². The van der Waals surface area contributed by atoms with Crippen LogP contribution >= 0.6 is 11.5 Å². The van der Waals surface area contributed by atoms with Crippen molar-refractivity contribution >= 4 is 17.4 Å². The van der Waals surface area contributed by atoms with Crippen LogP contribution in [0.4, 0.5) is 0 Å². The molecule has 70 valence electrons. The molecule has 0 radical (unpaired) electrons. The largest absolute Gasteiger partial charge is 0.391 e. The highest BCUT2D eigenvalue weighted by atomic mass is 32.1. The molecule has 0 bridgehead atoms. The van der Waals surface area contributed by atoms with Crippen molar-refractivity contribution < 1.29 is 9.90 Å². The molecule has 1 aromatic rings. The molecule has 13 heavy (non-hydrogen) atoms. The molecule has 0 saturated carbocycles. The average molecular weight is 199 g/mol. The van der Waals surface area contributed by atoms with Crippen molar-refractivity contribution in [3.63, 3.8) is 0 Å². The summed E-state index contributed by atoms with van der Waals surface area (Å²) in [4.78, 5) is 13.8. The van der Waals surface area contributed by atoms with Crippen molar-refractivity contribution in [2.75, 3.05) is 13.1 Å². The van der Waals surface area contributed by atoms with E-state index in [4.69, 9.17) is 0 Å².